The van der Waals surface area contributed by atoms with Crippen molar-refractivity contribution in [1.82, 2.24) is 4.98 Å². The highest BCUT2D eigenvalue weighted by atomic mass is 32.1. The highest BCUT2D eigenvalue weighted by Crippen LogP contribution is 2.37. The molecule has 0 radical (unpaired) electrons. The van der Waals surface area contributed by atoms with Gasteiger partial charge in [0.25, 0.3) is 5.91 Å². The molecule has 1 aliphatic rings. The summed E-state index contributed by atoms with van der Waals surface area (Å²) in [4.78, 5) is 31.7. The number of thiazole rings is 1. The summed E-state index contributed by atoms with van der Waals surface area (Å²) >= 11 is 1.56. The van der Waals surface area contributed by atoms with Crippen LogP contribution >= 0.6 is 11.3 Å². The van der Waals surface area contributed by atoms with Crippen LogP contribution in [0.5, 0.6) is 11.5 Å². The maximum absolute atomic E-state index is 12.8. The van der Waals surface area contributed by atoms with E-state index in [0.29, 0.717) is 23.7 Å². The van der Waals surface area contributed by atoms with Crippen LogP contribution in [0.15, 0.2) is 78.2 Å². The van der Waals surface area contributed by atoms with Gasteiger partial charge in [0.1, 0.15) is 23.1 Å². The maximum Gasteiger partial charge on any atom is 0.265 e. The molecule has 0 fully saturated rings. The van der Waals surface area contributed by atoms with Crippen LogP contribution in [0, 0.1) is 0 Å². The fourth-order valence-electron chi connectivity index (χ4n) is 3.80. The second-order valence-corrected chi connectivity index (χ2v) is 8.72. The number of rotatable bonds is 7. The van der Waals surface area contributed by atoms with Gasteiger partial charge in [0.2, 0.25) is 5.91 Å². The molecule has 0 saturated heterocycles. The number of anilines is 2. The van der Waals surface area contributed by atoms with Crippen molar-refractivity contribution in [2.24, 2.45) is 0 Å². The molecule has 1 aromatic heterocycles. The third-order valence-corrected chi connectivity index (χ3v) is 6.36. The largest absolute Gasteiger partial charge is 0.494 e. The molecule has 176 valence electrons. The fourth-order valence-corrected chi connectivity index (χ4v) is 4.63. The molecule has 0 spiro atoms. The number of nitrogens with one attached hydrogen (secondary N) is 1. The summed E-state index contributed by atoms with van der Waals surface area (Å²) in [6, 6.07) is 22.7. The van der Waals surface area contributed by atoms with E-state index >= 15 is 0 Å². The third kappa shape index (κ3) is 5.02. The molecule has 0 saturated carbocycles. The van der Waals surface area contributed by atoms with Crippen LogP contribution in [0.4, 0.5) is 11.4 Å². The minimum atomic E-state index is -0.305. The number of hydrogen-bond acceptors (Lipinski definition) is 6. The van der Waals surface area contributed by atoms with Gasteiger partial charge < -0.3 is 14.8 Å². The fraction of sp³-hybridized carbons (Fsp3) is 0.148. The average molecular weight is 486 g/mol. The van der Waals surface area contributed by atoms with Gasteiger partial charge in [0.15, 0.2) is 6.61 Å². The zero-order chi connectivity index (χ0) is 24.2. The monoisotopic (exact) mass is 485 g/mol. The molecule has 0 bridgehead atoms. The Morgan fingerprint density at radius 1 is 1.09 bits per heavy atom. The molecule has 0 aliphatic carbocycles. The first-order chi connectivity index (χ1) is 17.1. The SMILES string of the molecule is CCOc1ccc(NC(=O)CN2C(=O)COc3ccc(-c4csc(-c5ccccc5)n4)cc32)cc1. The van der Waals surface area contributed by atoms with E-state index in [1.54, 1.807) is 35.6 Å². The van der Waals surface area contributed by atoms with Gasteiger partial charge in [-0.3, -0.25) is 14.5 Å². The molecule has 5 rings (SSSR count). The van der Waals surface area contributed by atoms with Crippen molar-refractivity contribution in [3.05, 3.63) is 78.2 Å². The number of ether oxygens (including phenoxy) is 2. The smallest absolute Gasteiger partial charge is 0.265 e. The molecule has 0 unspecified atom stereocenters. The van der Waals surface area contributed by atoms with Crippen LogP contribution in [0.3, 0.4) is 0 Å². The summed E-state index contributed by atoms with van der Waals surface area (Å²) in [6.07, 6.45) is 0. The van der Waals surface area contributed by atoms with Gasteiger partial charge in [-0.05, 0) is 49.4 Å². The van der Waals surface area contributed by atoms with E-state index in [4.69, 9.17) is 14.5 Å². The molecule has 2 heterocycles. The number of hydrogen-bond donors (Lipinski definition) is 1. The molecule has 2 amide bonds. The predicted octanol–water partition coefficient (Wildman–Crippen LogP) is 5.24. The number of benzene rings is 3. The zero-order valence-corrected chi connectivity index (χ0v) is 19.9. The molecule has 8 heteroatoms. The highest BCUT2D eigenvalue weighted by molar-refractivity contribution is 7.13. The minimum absolute atomic E-state index is 0.114. The van der Waals surface area contributed by atoms with E-state index in [9.17, 15) is 9.59 Å². The van der Waals surface area contributed by atoms with Crippen molar-refractivity contribution in [2.75, 3.05) is 30.0 Å². The van der Waals surface area contributed by atoms with Gasteiger partial charge in [0, 0.05) is 22.2 Å². The van der Waals surface area contributed by atoms with Crippen LogP contribution in [-0.2, 0) is 9.59 Å². The number of carbonyl (C=O) groups excluding carboxylic acids is 2. The lowest BCUT2D eigenvalue weighted by molar-refractivity contribution is -0.123. The zero-order valence-electron chi connectivity index (χ0n) is 19.1. The van der Waals surface area contributed by atoms with Crippen LogP contribution in [0.1, 0.15) is 6.92 Å². The van der Waals surface area contributed by atoms with Crippen LogP contribution in [0.25, 0.3) is 21.8 Å². The normalized spacial score (nSPS) is 12.6. The lowest BCUT2D eigenvalue weighted by Crippen LogP contribution is -2.43. The summed E-state index contributed by atoms with van der Waals surface area (Å²) < 4.78 is 11.0. The Morgan fingerprint density at radius 2 is 1.89 bits per heavy atom. The van der Waals surface area contributed by atoms with Crippen molar-refractivity contribution in [3.8, 4) is 33.3 Å². The summed E-state index contributed by atoms with van der Waals surface area (Å²) in [7, 11) is 0. The van der Waals surface area contributed by atoms with Gasteiger partial charge in [-0.2, -0.15) is 0 Å². The Labute approximate surface area is 207 Å². The lowest BCUT2D eigenvalue weighted by atomic mass is 10.1. The van der Waals surface area contributed by atoms with E-state index in [1.807, 2.05) is 60.8 Å². The van der Waals surface area contributed by atoms with Gasteiger partial charge in [-0.15, -0.1) is 11.3 Å². The van der Waals surface area contributed by atoms with Crippen LogP contribution < -0.4 is 19.7 Å². The molecule has 3 aromatic carbocycles. The molecule has 4 aromatic rings. The van der Waals surface area contributed by atoms with Crippen LogP contribution in [-0.4, -0.2) is 36.6 Å². The standard InChI is InChI=1S/C27H23N3O4S/c1-2-33-21-11-9-20(10-12-21)28-25(31)15-30-23-14-19(8-13-24(23)34-16-26(30)32)22-17-35-27(29-22)18-6-4-3-5-7-18/h3-14,17H,2,15-16H2,1H3,(H,28,31). The van der Waals surface area contributed by atoms with E-state index in [-0.39, 0.29) is 25.0 Å². The van der Waals surface area contributed by atoms with Gasteiger partial charge in [-0.1, -0.05) is 30.3 Å². The quantitative estimate of drug-likeness (QED) is 0.387. The molecule has 1 N–H and O–H groups in total. The third-order valence-electron chi connectivity index (χ3n) is 5.47. The number of carbonyl (C=O) groups is 2. The summed E-state index contributed by atoms with van der Waals surface area (Å²) in [5.41, 5.74) is 3.87. The number of amides is 2. The summed E-state index contributed by atoms with van der Waals surface area (Å²) in [5, 5.41) is 5.74. The Balaban J connectivity index is 1.35. The predicted molar refractivity (Wildman–Crippen MR) is 137 cm³/mol. The van der Waals surface area contributed by atoms with E-state index in [0.717, 1.165) is 27.6 Å². The first-order valence-corrected chi connectivity index (χ1v) is 12.1. The average Bonchev–Trinajstić information content (AvgIpc) is 3.38. The molecule has 0 atom stereocenters. The summed E-state index contributed by atoms with van der Waals surface area (Å²) in [6.45, 7) is 2.24. The number of fused-ring (bicyclic) bond motifs is 1. The van der Waals surface area contributed by atoms with Crippen molar-refractivity contribution in [2.45, 2.75) is 6.92 Å². The Bertz CT molecular complexity index is 1350. The minimum Gasteiger partial charge on any atom is -0.494 e. The van der Waals surface area contributed by atoms with Crippen molar-refractivity contribution < 1.29 is 19.1 Å². The van der Waals surface area contributed by atoms with Crippen molar-refractivity contribution in [3.63, 3.8) is 0 Å². The highest BCUT2D eigenvalue weighted by Gasteiger charge is 2.28. The molecule has 7 nitrogen and oxygen atoms in total. The first kappa shape index (κ1) is 22.6. The Morgan fingerprint density at radius 3 is 2.66 bits per heavy atom. The molecule has 35 heavy (non-hydrogen) atoms. The first-order valence-electron chi connectivity index (χ1n) is 11.2. The van der Waals surface area contributed by atoms with E-state index in [1.165, 1.54) is 4.90 Å². The van der Waals surface area contributed by atoms with Gasteiger partial charge in [-0.25, -0.2) is 4.98 Å². The Hall–Kier alpha value is -4.17. The second kappa shape index (κ2) is 9.99. The van der Waals surface area contributed by atoms with Gasteiger partial charge >= 0.3 is 0 Å². The van der Waals surface area contributed by atoms with E-state index in [2.05, 4.69) is 5.32 Å². The Kier molecular flexibility index (Phi) is 6.45. The van der Waals surface area contributed by atoms with Crippen molar-refractivity contribution in [1.29, 1.82) is 0 Å². The molecule has 1 aliphatic heterocycles. The number of nitrogens with zero attached hydrogens (tertiary/aromatic N) is 2. The lowest BCUT2D eigenvalue weighted by Gasteiger charge is -2.29. The molecular weight excluding hydrogens is 462 g/mol. The maximum atomic E-state index is 12.8. The van der Waals surface area contributed by atoms with Crippen molar-refractivity contribution >= 4 is 34.5 Å². The summed E-state index contributed by atoms with van der Waals surface area (Å²) in [5.74, 6) is 0.703. The van der Waals surface area contributed by atoms with Crippen LogP contribution in [0.2, 0.25) is 0 Å². The van der Waals surface area contributed by atoms with Gasteiger partial charge in [0.05, 0.1) is 18.0 Å². The topological polar surface area (TPSA) is 80.8 Å². The molecular formula is C27H23N3O4S. The van der Waals surface area contributed by atoms with E-state index < -0.39 is 0 Å². The number of aromatic nitrogens is 1. The second-order valence-electron chi connectivity index (χ2n) is 7.86.